The van der Waals surface area contributed by atoms with Crippen LogP contribution in [0.3, 0.4) is 0 Å². The number of amides is 11. The summed E-state index contributed by atoms with van der Waals surface area (Å²) in [4.78, 5) is 160. The smallest absolute Gasteiger partial charge is 0.291 e. The Morgan fingerprint density at radius 3 is 1.19 bits per heavy atom. The van der Waals surface area contributed by atoms with E-state index < -0.39 is 59.1 Å². The van der Waals surface area contributed by atoms with E-state index in [0.717, 1.165) is 19.3 Å². The fourth-order valence-corrected chi connectivity index (χ4v) is 11.3. The number of aryl methyl sites for hydroxylation is 7. The van der Waals surface area contributed by atoms with E-state index in [2.05, 4.69) is 78.4 Å². The molecular weight excluding hydrogens is 1540 g/mol. The Kier molecular flexibility index (Phi) is 40.9. The highest BCUT2D eigenvalue weighted by molar-refractivity contribution is 6.06. The number of carbonyl (C=O) groups excluding carboxylic acids is 11. The van der Waals surface area contributed by atoms with Gasteiger partial charge in [-0.25, -0.2) is 19.9 Å². The van der Waals surface area contributed by atoms with Gasteiger partial charge in [-0.2, -0.15) is 0 Å². The van der Waals surface area contributed by atoms with Crippen molar-refractivity contribution in [2.75, 3.05) is 184 Å². The fraction of sp³-hybridized carbons (Fsp3) is 0.539. The molecule has 646 valence electrons. The van der Waals surface area contributed by atoms with Crippen molar-refractivity contribution in [1.29, 1.82) is 0 Å². The number of nitrogens with zero attached hydrogens (tertiary/aromatic N) is 11. The van der Waals surface area contributed by atoms with Gasteiger partial charge in [-0.15, -0.1) is 0 Å². The molecular formula is C76H112N22O20. The summed E-state index contributed by atoms with van der Waals surface area (Å²) in [6.45, 7) is 13.7. The number of unbranched alkanes of at least 4 members (excludes halogenated alkanes) is 2. The van der Waals surface area contributed by atoms with Gasteiger partial charge in [0.2, 0.25) is 41.1 Å². The molecule has 42 nitrogen and oxygen atoms in total. The molecule has 7 aromatic rings. The van der Waals surface area contributed by atoms with E-state index in [-0.39, 0.29) is 141 Å². The summed E-state index contributed by atoms with van der Waals surface area (Å²) in [5.41, 5.74) is 1.60. The second kappa shape index (κ2) is 51.5. The van der Waals surface area contributed by atoms with Crippen LogP contribution in [0.15, 0.2) is 67.8 Å². The molecule has 11 N–H and O–H groups in total. The average Bonchev–Trinajstić information content (AvgIpc) is 1.68. The lowest BCUT2D eigenvalue weighted by Crippen LogP contribution is -2.33. The lowest BCUT2D eigenvalue weighted by molar-refractivity contribution is -0.121. The van der Waals surface area contributed by atoms with Crippen LogP contribution in [-0.2, 0) is 111 Å². The SMILES string of the molecule is CCCn1cc(NC(=O)c2nc(NC(=O)CCNC(=O)c3cc(NC(=O)c4nccn4C)cn3C)cn2C)cc1C(=O)NCCCC(=O)Nc1cn(C)c(C(=O)NCCC(=O)Nc2cc(C(=O)Nc3cn(C)c(C(=O)NCCC(=O)NCCOCCOCCOCCOCCOCCCCCOCCOCCOCCOCC)n3)n(C)c2)n1. The van der Waals surface area contributed by atoms with Crippen LogP contribution in [0.25, 0.3) is 0 Å². The van der Waals surface area contributed by atoms with Crippen molar-refractivity contribution in [1.82, 2.24) is 78.5 Å². The first-order valence-electron chi connectivity index (χ1n) is 39.0. The number of nitrogens with one attached hydrogen (secondary N) is 11. The largest absolute Gasteiger partial charge is 0.379 e. The number of rotatable bonds is 59. The molecule has 0 spiro atoms. The molecule has 0 aliphatic rings. The number of ether oxygens (including phenoxy) is 9. The molecule has 42 heteroatoms. The third-order valence-electron chi connectivity index (χ3n) is 17.1. The van der Waals surface area contributed by atoms with Crippen molar-refractivity contribution in [2.24, 2.45) is 42.3 Å². The minimum absolute atomic E-state index is 0.00540. The van der Waals surface area contributed by atoms with Crippen molar-refractivity contribution in [3.63, 3.8) is 0 Å². The zero-order valence-corrected chi connectivity index (χ0v) is 68.3. The van der Waals surface area contributed by atoms with Gasteiger partial charge in [0.05, 0.1) is 116 Å². The van der Waals surface area contributed by atoms with Crippen molar-refractivity contribution in [2.45, 2.75) is 78.2 Å². The lowest BCUT2D eigenvalue weighted by Gasteiger charge is -2.09. The van der Waals surface area contributed by atoms with Gasteiger partial charge >= 0.3 is 0 Å². The Labute approximate surface area is 682 Å². The summed E-state index contributed by atoms with van der Waals surface area (Å²) in [5.74, 6) is -5.18. The number of hydrogen-bond donors (Lipinski definition) is 11. The minimum atomic E-state index is -0.626. The van der Waals surface area contributed by atoms with Crippen LogP contribution >= 0.6 is 0 Å². The first-order valence-corrected chi connectivity index (χ1v) is 39.0. The fourth-order valence-electron chi connectivity index (χ4n) is 11.3. The van der Waals surface area contributed by atoms with Gasteiger partial charge in [0.15, 0.2) is 23.3 Å². The predicted octanol–water partition coefficient (Wildman–Crippen LogP) is 2.51. The topological polar surface area (TPSA) is 489 Å². The van der Waals surface area contributed by atoms with Gasteiger partial charge in [-0.05, 0) is 57.2 Å². The van der Waals surface area contributed by atoms with Crippen LogP contribution in [-0.4, -0.2) is 269 Å². The molecule has 118 heavy (non-hydrogen) atoms. The molecule has 11 amide bonds. The lowest BCUT2D eigenvalue weighted by atomic mass is 10.2. The second-order valence-electron chi connectivity index (χ2n) is 26.7. The molecule has 0 bridgehead atoms. The zero-order chi connectivity index (χ0) is 85.0. The van der Waals surface area contributed by atoms with Gasteiger partial charge in [0.1, 0.15) is 17.1 Å². The first kappa shape index (κ1) is 93.6. The van der Waals surface area contributed by atoms with Gasteiger partial charge in [0, 0.05) is 177 Å². The number of aromatic nitrogens is 11. The summed E-state index contributed by atoms with van der Waals surface area (Å²) >= 11 is 0. The van der Waals surface area contributed by atoms with Gasteiger partial charge in [-0.3, -0.25) is 52.7 Å². The maximum Gasteiger partial charge on any atom is 0.291 e. The van der Waals surface area contributed by atoms with Crippen LogP contribution in [0.1, 0.15) is 146 Å². The van der Waals surface area contributed by atoms with Crippen molar-refractivity contribution in [3.8, 4) is 0 Å². The summed E-state index contributed by atoms with van der Waals surface area (Å²) in [5, 5.41) is 29.6. The van der Waals surface area contributed by atoms with Crippen molar-refractivity contribution >= 4 is 99.5 Å². The van der Waals surface area contributed by atoms with E-state index in [4.69, 9.17) is 42.6 Å². The van der Waals surface area contributed by atoms with Crippen LogP contribution in [0, 0.1) is 0 Å². The van der Waals surface area contributed by atoms with E-state index in [1.807, 2.05) is 13.8 Å². The quantitative estimate of drug-likeness (QED) is 0.0244. The number of imidazole rings is 4. The number of carbonyl (C=O) groups is 11. The van der Waals surface area contributed by atoms with Gasteiger partial charge in [0.25, 0.3) is 41.4 Å². The maximum absolute atomic E-state index is 13.5. The second-order valence-corrected chi connectivity index (χ2v) is 26.7. The van der Waals surface area contributed by atoms with Gasteiger partial charge in [-0.1, -0.05) is 6.92 Å². The Hall–Kier alpha value is -11.5. The molecule has 7 heterocycles. The monoisotopic (exact) mass is 1650 g/mol. The third-order valence-corrected chi connectivity index (χ3v) is 17.1. The van der Waals surface area contributed by atoms with E-state index in [1.165, 1.54) is 72.0 Å². The Balaban J connectivity index is 0.680. The number of anilines is 6. The van der Waals surface area contributed by atoms with Crippen molar-refractivity contribution < 1.29 is 95.4 Å². The summed E-state index contributed by atoms with van der Waals surface area (Å²) in [6.07, 6.45) is 15.7. The molecule has 7 aromatic heterocycles. The molecule has 0 saturated carbocycles. The molecule has 7 rings (SSSR count). The van der Waals surface area contributed by atoms with Crippen LogP contribution in [0.5, 0.6) is 0 Å². The van der Waals surface area contributed by atoms with Crippen LogP contribution in [0.2, 0.25) is 0 Å². The highest BCUT2D eigenvalue weighted by atomic mass is 16.6. The predicted molar refractivity (Wildman–Crippen MR) is 430 cm³/mol. The summed E-state index contributed by atoms with van der Waals surface area (Å²) < 4.78 is 59.9. The molecule has 0 atom stereocenters. The van der Waals surface area contributed by atoms with Crippen LogP contribution in [0.4, 0.5) is 34.5 Å². The molecule has 0 aliphatic heterocycles. The minimum Gasteiger partial charge on any atom is -0.379 e. The molecule has 0 fully saturated rings. The molecule has 0 unspecified atom stereocenters. The normalized spacial score (nSPS) is 11.2. The van der Waals surface area contributed by atoms with Crippen LogP contribution < -0.4 is 58.5 Å². The van der Waals surface area contributed by atoms with E-state index >= 15 is 0 Å². The van der Waals surface area contributed by atoms with Gasteiger partial charge < -0.3 is 133 Å². The first-order chi connectivity index (χ1) is 57.0. The highest BCUT2D eigenvalue weighted by Gasteiger charge is 2.24. The van der Waals surface area contributed by atoms with E-state index in [9.17, 15) is 52.7 Å². The Morgan fingerprint density at radius 2 is 0.703 bits per heavy atom. The maximum atomic E-state index is 13.5. The Bertz CT molecular complexity index is 4380. The van der Waals surface area contributed by atoms with E-state index in [0.29, 0.717) is 137 Å². The third kappa shape index (κ3) is 33.2. The molecule has 0 aliphatic carbocycles. The van der Waals surface area contributed by atoms with Crippen molar-refractivity contribution in [3.05, 3.63) is 108 Å². The highest BCUT2D eigenvalue weighted by Crippen LogP contribution is 2.20. The van der Waals surface area contributed by atoms with E-state index in [1.54, 1.807) is 70.0 Å². The Morgan fingerprint density at radius 1 is 0.314 bits per heavy atom. The summed E-state index contributed by atoms with van der Waals surface area (Å²) in [6, 6.07) is 4.44. The molecule has 0 saturated heterocycles. The zero-order valence-electron chi connectivity index (χ0n) is 68.3. The standard InChI is InChI=1S/C76H112N22O20/c1-9-25-98-49-55(85-76(109)69-89-60(51-97(69)8)87-65(102)18-21-80-70(103)56-45-54(48-93(56)4)84-75(108)66-78-23-26-92(66)3)46-58(98)71(104)79-19-14-15-63(100)86-59-50-95(6)67(88-59)73(106)82-22-17-64(101)83-53-44-57(94(5)47-53)72(105)91-61-52-96(7)68(90-61)74(107)81-20-16-62(99)77-24-29-113-34-37-117-41-43-118-42-40-116-36-33-112-28-13-11-12-27-111-32-35-115-39-38-114-31-30-110-10-2/h23,26,44-52H,9-22,24-25,27-43H2,1-8H3,(H,77,99)(H,79,104)(H,80,103)(H,81,107)(H,82,106)(H,83,101)(H,84,108)(H,85,109)(H,86,100)(H,87,102)(H,91,105). The molecule has 0 radical (unpaired) electrons. The average molecular weight is 1650 g/mol. The molecule has 0 aromatic carbocycles. The summed E-state index contributed by atoms with van der Waals surface area (Å²) in [7, 11) is 9.61. The number of hydrogen-bond acceptors (Lipinski definition) is 24.